The second kappa shape index (κ2) is 6.16. The zero-order valence-electron chi connectivity index (χ0n) is 11.6. The number of benzene rings is 1. The number of thiophene rings is 1. The quantitative estimate of drug-likeness (QED) is 0.917. The summed E-state index contributed by atoms with van der Waals surface area (Å²) >= 11 is 1.24. The second-order valence-electron chi connectivity index (χ2n) is 4.21. The maximum Gasteiger partial charge on any atom is 0.271 e. The molecule has 1 heterocycles. The van der Waals surface area contributed by atoms with Crippen LogP contribution in [0, 0.1) is 11.3 Å². The fourth-order valence-electron chi connectivity index (χ4n) is 1.73. The van der Waals surface area contributed by atoms with Gasteiger partial charge in [0.05, 0.1) is 24.4 Å². The Labute approximate surface area is 127 Å². The van der Waals surface area contributed by atoms with Gasteiger partial charge in [0.25, 0.3) is 10.0 Å². The monoisotopic (exact) mass is 322 g/mol. The van der Waals surface area contributed by atoms with E-state index in [4.69, 9.17) is 10.00 Å². The van der Waals surface area contributed by atoms with Crippen LogP contribution in [0.4, 0.5) is 5.69 Å². The molecule has 110 valence electrons. The van der Waals surface area contributed by atoms with E-state index in [2.05, 4.69) is 4.72 Å². The molecule has 5 nitrogen and oxygen atoms in total. The molecule has 0 spiro atoms. The van der Waals surface area contributed by atoms with Crippen LogP contribution >= 0.6 is 11.3 Å². The average molecular weight is 322 g/mol. The van der Waals surface area contributed by atoms with Crippen LogP contribution in [-0.2, 0) is 16.4 Å². The summed E-state index contributed by atoms with van der Waals surface area (Å²) in [5.41, 5.74) is 0.710. The number of aryl methyl sites for hydroxylation is 1. The predicted molar refractivity (Wildman–Crippen MR) is 82.2 cm³/mol. The third-order valence-electron chi connectivity index (χ3n) is 2.83. The second-order valence-corrected chi connectivity index (χ2v) is 7.28. The van der Waals surface area contributed by atoms with Gasteiger partial charge in [-0.15, -0.1) is 11.3 Å². The molecule has 1 N–H and O–H groups in total. The topological polar surface area (TPSA) is 79.2 Å². The van der Waals surface area contributed by atoms with Crippen LogP contribution in [0.15, 0.2) is 34.5 Å². The third kappa shape index (κ3) is 3.35. The van der Waals surface area contributed by atoms with Crippen molar-refractivity contribution in [1.82, 2.24) is 0 Å². The number of rotatable bonds is 5. The highest BCUT2D eigenvalue weighted by molar-refractivity contribution is 7.94. The van der Waals surface area contributed by atoms with E-state index in [1.54, 1.807) is 12.1 Å². The van der Waals surface area contributed by atoms with Crippen LogP contribution in [0.1, 0.15) is 17.4 Å². The molecular weight excluding hydrogens is 308 g/mol. The van der Waals surface area contributed by atoms with Crippen molar-refractivity contribution >= 4 is 27.0 Å². The molecule has 21 heavy (non-hydrogen) atoms. The van der Waals surface area contributed by atoms with E-state index >= 15 is 0 Å². The van der Waals surface area contributed by atoms with Crippen molar-refractivity contribution in [2.45, 2.75) is 17.6 Å². The lowest BCUT2D eigenvalue weighted by Gasteiger charge is -2.11. The van der Waals surface area contributed by atoms with Gasteiger partial charge >= 0.3 is 0 Å². The molecule has 0 aliphatic carbocycles. The first-order valence-electron chi connectivity index (χ1n) is 6.20. The van der Waals surface area contributed by atoms with Gasteiger partial charge in [0.1, 0.15) is 9.96 Å². The third-order valence-corrected chi connectivity index (χ3v) is 5.91. The Balaban J connectivity index is 2.34. The Hall–Kier alpha value is -2.04. The van der Waals surface area contributed by atoms with Crippen molar-refractivity contribution in [1.29, 1.82) is 5.26 Å². The van der Waals surface area contributed by atoms with E-state index < -0.39 is 10.0 Å². The van der Waals surface area contributed by atoms with E-state index in [1.807, 2.05) is 13.0 Å². The van der Waals surface area contributed by atoms with Gasteiger partial charge < -0.3 is 4.74 Å². The molecule has 0 saturated carbocycles. The summed E-state index contributed by atoms with van der Waals surface area (Å²) in [5, 5.41) is 8.85. The maximum atomic E-state index is 12.3. The Bertz CT molecular complexity index is 789. The molecule has 0 atom stereocenters. The molecule has 0 fully saturated rings. The summed E-state index contributed by atoms with van der Waals surface area (Å²) in [5.74, 6) is 0.310. The minimum Gasteiger partial charge on any atom is -0.495 e. The van der Waals surface area contributed by atoms with E-state index in [1.165, 1.54) is 36.6 Å². The fourth-order valence-corrected chi connectivity index (χ4v) is 4.10. The summed E-state index contributed by atoms with van der Waals surface area (Å²) in [7, 11) is -2.22. The van der Waals surface area contributed by atoms with Crippen LogP contribution in [0.2, 0.25) is 0 Å². The van der Waals surface area contributed by atoms with E-state index in [-0.39, 0.29) is 4.21 Å². The first kappa shape index (κ1) is 15.4. The Morgan fingerprint density at radius 1 is 1.33 bits per heavy atom. The Morgan fingerprint density at radius 2 is 2.10 bits per heavy atom. The van der Waals surface area contributed by atoms with Gasteiger partial charge in [-0.2, -0.15) is 5.26 Å². The van der Waals surface area contributed by atoms with Crippen LogP contribution in [0.25, 0.3) is 0 Å². The summed E-state index contributed by atoms with van der Waals surface area (Å²) in [6.07, 6.45) is 0.792. The van der Waals surface area contributed by atoms with Crippen LogP contribution < -0.4 is 9.46 Å². The molecule has 0 aliphatic heterocycles. The van der Waals surface area contributed by atoms with Crippen molar-refractivity contribution in [3.63, 3.8) is 0 Å². The van der Waals surface area contributed by atoms with Crippen molar-refractivity contribution < 1.29 is 13.2 Å². The molecular formula is C14H14N2O3S2. The molecule has 1 aromatic heterocycles. The molecule has 2 aromatic rings. The predicted octanol–water partition coefficient (Wildman–Crippen LogP) is 2.99. The minimum atomic E-state index is -3.65. The number of sulfonamides is 1. The van der Waals surface area contributed by atoms with E-state index in [0.29, 0.717) is 17.0 Å². The lowest BCUT2D eigenvalue weighted by Crippen LogP contribution is -2.12. The molecule has 0 aliphatic rings. The fraction of sp³-hybridized carbons (Fsp3) is 0.214. The van der Waals surface area contributed by atoms with Crippen molar-refractivity contribution in [3.8, 4) is 11.8 Å². The van der Waals surface area contributed by atoms with E-state index in [0.717, 1.165) is 11.3 Å². The largest absolute Gasteiger partial charge is 0.495 e. The van der Waals surface area contributed by atoms with Crippen molar-refractivity contribution in [3.05, 3.63) is 40.8 Å². The number of anilines is 1. The number of nitrogens with one attached hydrogen (secondary N) is 1. The van der Waals surface area contributed by atoms with Gasteiger partial charge in [-0.3, -0.25) is 4.72 Å². The standard InChI is InChI=1S/C14H14N2O3S2/c1-3-11-5-7-14(20-11)21(17,18)16-12-6-4-10(9-15)8-13(12)19-2/h4-8,16H,3H2,1-2H3. The lowest BCUT2D eigenvalue weighted by atomic mass is 10.2. The summed E-state index contributed by atoms with van der Waals surface area (Å²) in [6, 6.07) is 9.91. The lowest BCUT2D eigenvalue weighted by molar-refractivity contribution is 0.416. The van der Waals surface area contributed by atoms with Crippen molar-refractivity contribution in [2.75, 3.05) is 11.8 Å². The van der Waals surface area contributed by atoms with Crippen LogP contribution in [0.3, 0.4) is 0 Å². The molecule has 0 bridgehead atoms. The number of nitriles is 1. The van der Waals surface area contributed by atoms with Gasteiger partial charge in [-0.1, -0.05) is 6.92 Å². The number of ether oxygens (including phenoxy) is 1. The molecule has 0 amide bonds. The van der Waals surface area contributed by atoms with Crippen LogP contribution in [-0.4, -0.2) is 15.5 Å². The molecule has 1 aromatic carbocycles. The summed E-state index contributed by atoms with van der Waals surface area (Å²) in [6.45, 7) is 1.97. The zero-order chi connectivity index (χ0) is 15.5. The Kier molecular flexibility index (Phi) is 4.50. The smallest absolute Gasteiger partial charge is 0.271 e. The van der Waals surface area contributed by atoms with Gasteiger partial charge in [-0.25, -0.2) is 8.42 Å². The first-order chi connectivity index (χ1) is 10.00. The van der Waals surface area contributed by atoms with Crippen LogP contribution in [0.5, 0.6) is 5.75 Å². The maximum absolute atomic E-state index is 12.3. The molecule has 2 rings (SSSR count). The molecule has 0 radical (unpaired) electrons. The molecule has 0 unspecified atom stereocenters. The Morgan fingerprint density at radius 3 is 2.67 bits per heavy atom. The van der Waals surface area contributed by atoms with Gasteiger partial charge in [-0.05, 0) is 30.7 Å². The van der Waals surface area contributed by atoms with E-state index in [9.17, 15) is 8.42 Å². The molecule has 7 heteroatoms. The highest BCUT2D eigenvalue weighted by atomic mass is 32.2. The highest BCUT2D eigenvalue weighted by Crippen LogP contribution is 2.30. The highest BCUT2D eigenvalue weighted by Gasteiger charge is 2.18. The SMILES string of the molecule is CCc1ccc(S(=O)(=O)Nc2ccc(C#N)cc2OC)s1. The number of nitrogens with zero attached hydrogens (tertiary/aromatic N) is 1. The molecule has 0 saturated heterocycles. The number of hydrogen-bond acceptors (Lipinski definition) is 5. The average Bonchev–Trinajstić information content (AvgIpc) is 2.97. The zero-order valence-corrected chi connectivity index (χ0v) is 13.2. The summed E-state index contributed by atoms with van der Waals surface area (Å²) in [4.78, 5) is 1.00. The van der Waals surface area contributed by atoms with Gasteiger partial charge in [0, 0.05) is 10.9 Å². The number of hydrogen-bond donors (Lipinski definition) is 1. The minimum absolute atomic E-state index is 0.255. The number of methoxy groups -OCH3 is 1. The van der Waals surface area contributed by atoms with Gasteiger partial charge in [0.15, 0.2) is 0 Å². The van der Waals surface area contributed by atoms with Crippen molar-refractivity contribution in [2.24, 2.45) is 0 Å². The van der Waals surface area contributed by atoms with Gasteiger partial charge in [0.2, 0.25) is 0 Å². The normalized spacial score (nSPS) is 10.9. The summed E-state index contributed by atoms with van der Waals surface area (Å²) < 4.78 is 32.5. The first-order valence-corrected chi connectivity index (χ1v) is 8.49.